The largest absolute Gasteiger partial charge is 0.0619 e. The van der Waals surface area contributed by atoms with Crippen molar-refractivity contribution in [2.45, 2.75) is 18.8 Å². The summed E-state index contributed by atoms with van der Waals surface area (Å²) < 4.78 is 0. The Bertz CT molecular complexity index is 1800. The Hall–Kier alpha value is -4.16. The Balaban J connectivity index is 1.38. The van der Waals surface area contributed by atoms with Gasteiger partial charge < -0.3 is 0 Å². The van der Waals surface area contributed by atoms with Gasteiger partial charge in [-0.05, 0) is 115 Å². The van der Waals surface area contributed by atoms with E-state index < -0.39 is 0 Å². The van der Waals surface area contributed by atoms with Gasteiger partial charge in [-0.3, -0.25) is 0 Å². The molecule has 4 aliphatic carbocycles. The number of hydrogen-bond acceptors (Lipinski definition) is 0. The second-order valence-electron chi connectivity index (χ2n) is 10.4. The van der Waals surface area contributed by atoms with E-state index >= 15 is 0 Å². The van der Waals surface area contributed by atoms with Crippen molar-refractivity contribution in [3.05, 3.63) is 142 Å². The van der Waals surface area contributed by atoms with Crippen molar-refractivity contribution in [2.75, 3.05) is 0 Å². The topological polar surface area (TPSA) is 0 Å². The number of rotatable bonds is 0. The Morgan fingerprint density at radius 3 is 2.09 bits per heavy atom. The maximum atomic E-state index is 2.51. The SMILES string of the molecule is C1=C2c3cc4c(cc3-c3ccc5c(c3C2c2ccccc21)Cc1ccccc1-5)-c1ccccc1C4. The lowest BCUT2D eigenvalue weighted by Gasteiger charge is -2.31. The van der Waals surface area contributed by atoms with Gasteiger partial charge in [0.25, 0.3) is 0 Å². The molecule has 0 amide bonds. The van der Waals surface area contributed by atoms with Gasteiger partial charge in [-0.25, -0.2) is 0 Å². The van der Waals surface area contributed by atoms with Crippen LogP contribution in [0.15, 0.2) is 97.1 Å². The molecule has 0 aromatic heterocycles. The molecule has 0 saturated carbocycles. The zero-order chi connectivity index (χ0) is 22.7. The Morgan fingerprint density at radius 2 is 1.20 bits per heavy atom. The summed E-state index contributed by atoms with van der Waals surface area (Å²) in [5, 5.41) is 0. The van der Waals surface area contributed by atoms with Crippen molar-refractivity contribution in [1.82, 2.24) is 0 Å². The minimum absolute atomic E-state index is 0.319. The Labute approximate surface area is 205 Å². The normalized spacial score (nSPS) is 16.8. The van der Waals surface area contributed by atoms with Crippen LogP contribution in [-0.2, 0) is 12.8 Å². The van der Waals surface area contributed by atoms with E-state index in [-0.39, 0.29) is 0 Å². The molecule has 0 fully saturated rings. The highest BCUT2D eigenvalue weighted by atomic mass is 14.4. The molecule has 0 aliphatic heterocycles. The van der Waals surface area contributed by atoms with Gasteiger partial charge in [-0.15, -0.1) is 0 Å². The van der Waals surface area contributed by atoms with E-state index in [4.69, 9.17) is 0 Å². The number of hydrogen-bond donors (Lipinski definition) is 0. The standard InChI is InChI=1S/C35H22/c1-5-11-25-20(7-1)15-23-18-30-31(19-29(23)25)28-14-13-27-24-10-4-2-8-21(24)16-32(27)35(28)34-26-12-6-3-9-22(26)17-33(30)34/h1-14,17-19,34H,15-16H2. The van der Waals surface area contributed by atoms with Crippen LogP contribution in [0.4, 0.5) is 0 Å². The van der Waals surface area contributed by atoms with Crippen LogP contribution in [0, 0.1) is 0 Å². The van der Waals surface area contributed by atoms with E-state index in [0.29, 0.717) is 5.92 Å². The lowest BCUT2D eigenvalue weighted by atomic mass is 9.71. The highest BCUT2D eigenvalue weighted by Gasteiger charge is 2.39. The average molecular weight is 443 g/mol. The number of allylic oxidation sites excluding steroid dienone is 1. The Kier molecular flexibility index (Phi) is 3.27. The smallest absolute Gasteiger partial charge is 0.0361 e. The minimum atomic E-state index is 0.319. The molecule has 162 valence electrons. The van der Waals surface area contributed by atoms with Gasteiger partial charge >= 0.3 is 0 Å². The minimum Gasteiger partial charge on any atom is -0.0619 e. The van der Waals surface area contributed by atoms with Crippen LogP contribution in [-0.4, -0.2) is 0 Å². The van der Waals surface area contributed by atoms with E-state index in [9.17, 15) is 0 Å². The predicted molar refractivity (Wildman–Crippen MR) is 145 cm³/mol. The quantitative estimate of drug-likeness (QED) is 0.221. The molecule has 0 bridgehead atoms. The summed E-state index contributed by atoms with van der Waals surface area (Å²) >= 11 is 0. The molecule has 5 aromatic rings. The molecular formula is C35H22. The monoisotopic (exact) mass is 442 g/mol. The molecule has 9 rings (SSSR count). The van der Waals surface area contributed by atoms with E-state index in [0.717, 1.165) is 12.8 Å². The number of fused-ring (bicyclic) bond motifs is 15. The van der Waals surface area contributed by atoms with Crippen molar-refractivity contribution in [2.24, 2.45) is 0 Å². The van der Waals surface area contributed by atoms with Crippen LogP contribution in [0.3, 0.4) is 0 Å². The summed E-state index contributed by atoms with van der Waals surface area (Å²) in [6.45, 7) is 0. The van der Waals surface area contributed by atoms with Crippen LogP contribution in [0.2, 0.25) is 0 Å². The van der Waals surface area contributed by atoms with Crippen molar-refractivity contribution in [3.63, 3.8) is 0 Å². The summed E-state index contributed by atoms with van der Waals surface area (Å²) in [6.07, 6.45) is 4.54. The summed E-state index contributed by atoms with van der Waals surface area (Å²) in [7, 11) is 0. The molecule has 35 heavy (non-hydrogen) atoms. The molecule has 1 atom stereocenters. The van der Waals surface area contributed by atoms with Gasteiger partial charge in [0.1, 0.15) is 0 Å². The van der Waals surface area contributed by atoms with Crippen LogP contribution in [0.1, 0.15) is 50.4 Å². The van der Waals surface area contributed by atoms with Gasteiger partial charge in [0.05, 0.1) is 0 Å². The fourth-order valence-corrected chi connectivity index (χ4v) is 7.31. The zero-order valence-corrected chi connectivity index (χ0v) is 19.3. The van der Waals surface area contributed by atoms with E-state index in [1.54, 1.807) is 0 Å². The first-order valence-electron chi connectivity index (χ1n) is 12.7. The molecule has 0 N–H and O–H groups in total. The van der Waals surface area contributed by atoms with Gasteiger partial charge in [0.2, 0.25) is 0 Å². The fourth-order valence-electron chi connectivity index (χ4n) is 7.31. The molecule has 5 aromatic carbocycles. The maximum Gasteiger partial charge on any atom is 0.0361 e. The first-order chi connectivity index (χ1) is 17.3. The van der Waals surface area contributed by atoms with Crippen molar-refractivity contribution < 1.29 is 0 Å². The molecule has 4 aliphatic rings. The maximum absolute atomic E-state index is 2.51. The zero-order valence-electron chi connectivity index (χ0n) is 19.3. The molecule has 0 saturated heterocycles. The number of benzene rings is 5. The molecular weight excluding hydrogens is 420 g/mol. The van der Waals surface area contributed by atoms with Crippen molar-refractivity contribution in [1.29, 1.82) is 0 Å². The molecule has 0 spiro atoms. The lowest BCUT2D eigenvalue weighted by molar-refractivity contribution is 1.02. The van der Waals surface area contributed by atoms with E-state index in [1.807, 2.05) is 0 Å². The molecule has 0 nitrogen and oxygen atoms in total. The van der Waals surface area contributed by atoms with Crippen LogP contribution in [0.5, 0.6) is 0 Å². The Morgan fingerprint density at radius 1 is 0.486 bits per heavy atom. The summed E-state index contributed by atoms with van der Waals surface area (Å²) in [6, 6.07) is 36.8. The average Bonchev–Trinajstić information content (AvgIpc) is 3.58. The van der Waals surface area contributed by atoms with Gasteiger partial charge in [-0.2, -0.15) is 0 Å². The molecule has 0 heterocycles. The predicted octanol–water partition coefficient (Wildman–Crippen LogP) is 8.50. The highest BCUT2D eigenvalue weighted by molar-refractivity contribution is 6.05. The fraction of sp³-hybridized carbons (Fsp3) is 0.0857. The second-order valence-corrected chi connectivity index (χ2v) is 10.4. The van der Waals surface area contributed by atoms with E-state index in [2.05, 4.69) is 103 Å². The van der Waals surface area contributed by atoms with Gasteiger partial charge in [0.15, 0.2) is 0 Å². The van der Waals surface area contributed by atoms with Crippen molar-refractivity contribution in [3.8, 4) is 33.4 Å². The molecule has 0 radical (unpaired) electrons. The second kappa shape index (κ2) is 6.29. The molecule has 0 heteroatoms. The van der Waals surface area contributed by atoms with Gasteiger partial charge in [-0.1, -0.05) is 84.9 Å². The third-order valence-electron chi connectivity index (χ3n) is 8.78. The lowest BCUT2D eigenvalue weighted by Crippen LogP contribution is -2.12. The van der Waals surface area contributed by atoms with Crippen LogP contribution >= 0.6 is 0 Å². The summed E-state index contributed by atoms with van der Waals surface area (Å²) in [5.41, 5.74) is 21.7. The van der Waals surface area contributed by atoms with Crippen LogP contribution in [0.25, 0.3) is 45.0 Å². The highest BCUT2D eigenvalue weighted by Crippen LogP contribution is 2.58. The summed E-state index contributed by atoms with van der Waals surface area (Å²) in [5.74, 6) is 0.319. The van der Waals surface area contributed by atoms with Gasteiger partial charge in [0, 0.05) is 5.92 Å². The third-order valence-corrected chi connectivity index (χ3v) is 8.78. The first kappa shape index (κ1) is 18.2. The summed E-state index contributed by atoms with van der Waals surface area (Å²) in [4.78, 5) is 0. The first-order valence-corrected chi connectivity index (χ1v) is 12.7. The van der Waals surface area contributed by atoms with Crippen molar-refractivity contribution >= 4 is 11.6 Å². The third kappa shape index (κ3) is 2.23. The van der Waals surface area contributed by atoms with E-state index in [1.165, 1.54) is 83.5 Å². The molecule has 1 unspecified atom stereocenters. The van der Waals surface area contributed by atoms with Crippen LogP contribution < -0.4 is 0 Å².